The van der Waals surface area contributed by atoms with E-state index in [1.54, 1.807) is 4.90 Å². The normalized spacial score (nSPS) is 15.0. The molecule has 48 heavy (non-hydrogen) atoms. The lowest BCUT2D eigenvalue weighted by Gasteiger charge is -2.35. The third-order valence-electron chi connectivity index (χ3n) is 8.46. The molecule has 1 amide bonds. The van der Waals surface area contributed by atoms with Crippen molar-refractivity contribution in [2.24, 2.45) is 0 Å². The van der Waals surface area contributed by atoms with Crippen molar-refractivity contribution in [2.45, 2.75) is 44.6 Å². The largest absolute Gasteiger partial charge is 0.459 e. The van der Waals surface area contributed by atoms with E-state index in [4.69, 9.17) is 14.2 Å². The molecule has 1 N–H and O–H groups in total. The molecule has 1 fully saturated rings. The SMILES string of the molecule is O=C(OCc1ccccc1)[C@@H]1CCCN1C(=O)[C@@H](c1ccccc1)N(CCOCCOCCNCc1ccccc1)Cc1ccccc1. The average molecular weight is 650 g/mol. The van der Waals surface area contributed by atoms with E-state index in [1.807, 2.05) is 97.1 Å². The molecule has 4 aromatic carbocycles. The van der Waals surface area contributed by atoms with Crippen LogP contribution < -0.4 is 5.32 Å². The summed E-state index contributed by atoms with van der Waals surface area (Å²) in [6.07, 6.45) is 1.34. The van der Waals surface area contributed by atoms with Gasteiger partial charge in [-0.25, -0.2) is 4.79 Å². The molecule has 1 aliphatic rings. The minimum Gasteiger partial charge on any atom is -0.459 e. The summed E-state index contributed by atoms with van der Waals surface area (Å²) >= 11 is 0. The molecule has 252 valence electrons. The van der Waals surface area contributed by atoms with Crippen molar-refractivity contribution >= 4 is 11.9 Å². The van der Waals surface area contributed by atoms with Gasteiger partial charge in [-0.3, -0.25) is 9.69 Å². The minimum atomic E-state index is -0.610. The highest BCUT2D eigenvalue weighted by atomic mass is 16.5. The number of rotatable bonds is 19. The van der Waals surface area contributed by atoms with Crippen LogP contribution in [-0.4, -0.2) is 73.8 Å². The maximum absolute atomic E-state index is 14.5. The molecule has 8 nitrogen and oxygen atoms in total. The average Bonchev–Trinajstić information content (AvgIpc) is 3.64. The lowest BCUT2D eigenvalue weighted by molar-refractivity contribution is -0.156. The van der Waals surface area contributed by atoms with Gasteiger partial charge in [0.05, 0.1) is 26.4 Å². The molecule has 5 rings (SSSR count). The van der Waals surface area contributed by atoms with E-state index in [9.17, 15) is 9.59 Å². The summed E-state index contributed by atoms with van der Waals surface area (Å²) in [5.41, 5.74) is 4.14. The quantitative estimate of drug-likeness (QED) is 0.102. The van der Waals surface area contributed by atoms with Crippen molar-refractivity contribution in [1.82, 2.24) is 15.1 Å². The third kappa shape index (κ3) is 10.9. The maximum atomic E-state index is 14.5. The third-order valence-corrected chi connectivity index (χ3v) is 8.46. The first-order valence-corrected chi connectivity index (χ1v) is 16.9. The molecule has 8 heteroatoms. The summed E-state index contributed by atoms with van der Waals surface area (Å²) in [6.45, 7) is 5.34. The lowest BCUT2D eigenvalue weighted by atomic mass is 10.0. The van der Waals surface area contributed by atoms with E-state index in [2.05, 4.69) is 34.5 Å². The Hall–Kier alpha value is -4.34. The number of benzene rings is 4. The van der Waals surface area contributed by atoms with Crippen molar-refractivity contribution in [3.63, 3.8) is 0 Å². The summed E-state index contributed by atoms with van der Waals surface area (Å²) in [5, 5.41) is 3.39. The second-order valence-corrected chi connectivity index (χ2v) is 11.9. The molecule has 0 radical (unpaired) electrons. The smallest absolute Gasteiger partial charge is 0.329 e. The number of carbonyl (C=O) groups excluding carboxylic acids is 2. The molecule has 0 unspecified atom stereocenters. The highest BCUT2D eigenvalue weighted by Crippen LogP contribution is 2.30. The van der Waals surface area contributed by atoms with E-state index < -0.39 is 12.1 Å². The Bertz CT molecular complexity index is 1490. The van der Waals surface area contributed by atoms with Gasteiger partial charge in [0, 0.05) is 32.7 Å². The summed E-state index contributed by atoms with van der Waals surface area (Å²) in [6, 6.07) is 38.7. The predicted octanol–water partition coefficient (Wildman–Crippen LogP) is 5.79. The zero-order valence-corrected chi connectivity index (χ0v) is 27.6. The van der Waals surface area contributed by atoms with E-state index in [1.165, 1.54) is 5.56 Å². The van der Waals surface area contributed by atoms with E-state index in [-0.39, 0.29) is 18.5 Å². The highest BCUT2D eigenvalue weighted by molar-refractivity contribution is 5.89. The van der Waals surface area contributed by atoms with Crippen LogP contribution in [0.15, 0.2) is 121 Å². The first-order valence-electron chi connectivity index (χ1n) is 16.9. The first kappa shape index (κ1) is 35.0. The fourth-order valence-electron chi connectivity index (χ4n) is 6.00. The summed E-state index contributed by atoms with van der Waals surface area (Å²) in [5.74, 6) is -0.452. The molecule has 1 saturated heterocycles. The van der Waals surface area contributed by atoms with Gasteiger partial charge in [0.25, 0.3) is 0 Å². The van der Waals surface area contributed by atoms with E-state index in [0.717, 1.165) is 36.2 Å². The Morgan fingerprint density at radius 2 is 1.31 bits per heavy atom. The number of likely N-dealkylation sites (tertiary alicyclic amines) is 1. The number of ether oxygens (including phenoxy) is 3. The zero-order valence-electron chi connectivity index (χ0n) is 27.6. The van der Waals surface area contributed by atoms with Crippen molar-refractivity contribution in [3.05, 3.63) is 144 Å². The molecule has 2 atom stereocenters. The molecule has 0 saturated carbocycles. The van der Waals surface area contributed by atoms with Crippen molar-refractivity contribution in [2.75, 3.05) is 46.1 Å². The Kier molecular flexibility index (Phi) is 14.2. The molecule has 0 bridgehead atoms. The Balaban J connectivity index is 1.19. The van der Waals surface area contributed by atoms with Crippen LogP contribution in [0, 0.1) is 0 Å². The second-order valence-electron chi connectivity index (χ2n) is 11.9. The van der Waals surface area contributed by atoms with Crippen LogP contribution in [0.5, 0.6) is 0 Å². The fourth-order valence-corrected chi connectivity index (χ4v) is 6.00. The Morgan fingerprint density at radius 3 is 1.98 bits per heavy atom. The summed E-state index contributed by atoms with van der Waals surface area (Å²) < 4.78 is 17.5. The monoisotopic (exact) mass is 649 g/mol. The van der Waals surface area contributed by atoms with Crippen molar-refractivity contribution < 1.29 is 23.8 Å². The second kappa shape index (κ2) is 19.5. The number of nitrogens with zero attached hydrogens (tertiary/aromatic N) is 2. The van der Waals surface area contributed by atoms with Gasteiger partial charge in [-0.15, -0.1) is 0 Å². The Labute approximate surface area is 284 Å². The maximum Gasteiger partial charge on any atom is 0.329 e. The number of nitrogens with one attached hydrogen (secondary N) is 1. The van der Waals surface area contributed by atoms with Crippen LogP contribution in [-0.2, 0) is 43.5 Å². The van der Waals surface area contributed by atoms with Crippen molar-refractivity contribution in [3.8, 4) is 0 Å². The topological polar surface area (TPSA) is 80.3 Å². The molecule has 0 aliphatic carbocycles. The number of esters is 1. The molecule has 4 aromatic rings. The summed E-state index contributed by atoms with van der Waals surface area (Å²) in [7, 11) is 0. The number of carbonyl (C=O) groups is 2. The van der Waals surface area contributed by atoms with Gasteiger partial charge in [-0.1, -0.05) is 121 Å². The van der Waals surface area contributed by atoms with Crippen LogP contribution in [0.1, 0.15) is 41.1 Å². The van der Waals surface area contributed by atoms with Gasteiger partial charge in [0.15, 0.2) is 0 Å². The van der Waals surface area contributed by atoms with Crippen LogP contribution in [0.3, 0.4) is 0 Å². The predicted molar refractivity (Wildman–Crippen MR) is 187 cm³/mol. The number of amides is 1. The summed E-state index contributed by atoms with van der Waals surface area (Å²) in [4.78, 5) is 31.7. The van der Waals surface area contributed by atoms with Crippen LogP contribution >= 0.6 is 0 Å². The standard InChI is InChI=1S/C40H47N3O5/c44-39(43-24-13-22-37(43)40(45)48-32-35-18-9-3-10-19-35)38(36-20-11-4-12-21-36)42(31-34-16-7-2-8-17-34)25-27-47-29-28-46-26-23-41-30-33-14-5-1-6-15-33/h1-12,14-21,37-38,41H,13,22-32H2/t37-,38+/m0/s1. The zero-order chi connectivity index (χ0) is 33.2. The van der Waals surface area contributed by atoms with Crippen molar-refractivity contribution in [1.29, 1.82) is 0 Å². The number of hydrogen-bond donors (Lipinski definition) is 1. The number of hydrogen-bond acceptors (Lipinski definition) is 7. The van der Waals surface area contributed by atoms with Gasteiger partial charge in [-0.2, -0.15) is 0 Å². The van der Waals surface area contributed by atoms with Crippen LogP contribution in [0.25, 0.3) is 0 Å². The van der Waals surface area contributed by atoms with E-state index >= 15 is 0 Å². The van der Waals surface area contributed by atoms with Gasteiger partial charge in [0.2, 0.25) is 5.91 Å². The van der Waals surface area contributed by atoms with Gasteiger partial charge in [-0.05, 0) is 35.1 Å². The molecular weight excluding hydrogens is 602 g/mol. The first-order chi connectivity index (χ1) is 23.7. The fraction of sp³-hybridized carbons (Fsp3) is 0.350. The van der Waals surface area contributed by atoms with Gasteiger partial charge in [0.1, 0.15) is 18.7 Å². The molecule has 1 heterocycles. The molecular formula is C40H47N3O5. The van der Waals surface area contributed by atoms with Gasteiger partial charge >= 0.3 is 5.97 Å². The van der Waals surface area contributed by atoms with Crippen LogP contribution in [0.2, 0.25) is 0 Å². The molecule has 0 spiro atoms. The Morgan fingerprint density at radius 1 is 0.729 bits per heavy atom. The highest BCUT2D eigenvalue weighted by Gasteiger charge is 2.40. The molecule has 0 aromatic heterocycles. The molecule has 1 aliphatic heterocycles. The van der Waals surface area contributed by atoms with Crippen LogP contribution in [0.4, 0.5) is 0 Å². The minimum absolute atomic E-state index is 0.0948. The van der Waals surface area contributed by atoms with Gasteiger partial charge < -0.3 is 24.4 Å². The van der Waals surface area contributed by atoms with E-state index in [0.29, 0.717) is 52.5 Å². The lowest BCUT2D eigenvalue weighted by Crippen LogP contribution is -2.48.